The van der Waals surface area contributed by atoms with Crippen molar-refractivity contribution in [2.24, 2.45) is 0 Å². The van der Waals surface area contributed by atoms with Crippen LogP contribution in [0.3, 0.4) is 0 Å². The predicted octanol–water partition coefficient (Wildman–Crippen LogP) is 2.72. The van der Waals surface area contributed by atoms with Crippen LogP contribution in [-0.2, 0) is 0 Å². The van der Waals surface area contributed by atoms with Gasteiger partial charge in [0.2, 0.25) is 0 Å². The topological polar surface area (TPSA) is 70.2 Å². The Labute approximate surface area is 123 Å². The van der Waals surface area contributed by atoms with Gasteiger partial charge in [-0.2, -0.15) is 0 Å². The van der Waals surface area contributed by atoms with Crippen LogP contribution in [0.4, 0.5) is 22.1 Å². The van der Waals surface area contributed by atoms with E-state index in [9.17, 15) is 4.79 Å². The summed E-state index contributed by atoms with van der Waals surface area (Å²) >= 11 is 0. The van der Waals surface area contributed by atoms with Crippen LogP contribution >= 0.6 is 0 Å². The molecule has 108 valence electrons. The summed E-state index contributed by atoms with van der Waals surface area (Å²) in [6.45, 7) is 2.01. The first-order valence-corrected chi connectivity index (χ1v) is 7.01. The van der Waals surface area contributed by atoms with Crippen molar-refractivity contribution >= 4 is 23.4 Å². The Bertz CT molecular complexity index is 610. The first kappa shape index (κ1) is 13.4. The molecule has 1 aliphatic rings. The highest BCUT2D eigenvalue weighted by atomic mass is 16.2. The lowest BCUT2D eigenvalue weighted by molar-refractivity contribution is 0.262. The molecule has 1 aromatic carbocycles. The van der Waals surface area contributed by atoms with Crippen molar-refractivity contribution in [3.8, 4) is 0 Å². The van der Waals surface area contributed by atoms with E-state index in [1.807, 2.05) is 30.3 Å². The van der Waals surface area contributed by atoms with Crippen LogP contribution in [0.25, 0.3) is 0 Å². The van der Waals surface area contributed by atoms with Crippen LogP contribution < -0.4 is 15.5 Å². The number of urea groups is 1. The molecule has 6 heteroatoms. The molecule has 1 aliphatic heterocycles. The minimum atomic E-state index is -0.313. The maximum Gasteiger partial charge on any atom is 0.324 e. The van der Waals surface area contributed by atoms with E-state index in [4.69, 9.17) is 0 Å². The number of carbonyl (C=O) groups is 1. The number of amides is 2. The molecule has 21 heavy (non-hydrogen) atoms. The normalized spacial score (nSPS) is 14.0. The summed E-state index contributed by atoms with van der Waals surface area (Å²) < 4.78 is 0. The van der Waals surface area contributed by atoms with Crippen molar-refractivity contribution in [1.82, 2.24) is 9.97 Å². The molecule has 0 saturated carbocycles. The van der Waals surface area contributed by atoms with Crippen LogP contribution in [-0.4, -0.2) is 29.1 Å². The van der Waals surface area contributed by atoms with Gasteiger partial charge in [-0.3, -0.25) is 5.32 Å². The van der Waals surface area contributed by atoms with Gasteiger partial charge in [-0.1, -0.05) is 18.2 Å². The lowest BCUT2D eigenvalue weighted by Gasteiger charge is -2.16. The second-order valence-corrected chi connectivity index (χ2v) is 4.90. The summed E-state index contributed by atoms with van der Waals surface area (Å²) in [4.78, 5) is 22.5. The monoisotopic (exact) mass is 283 g/mol. The minimum Gasteiger partial charge on any atom is -0.356 e. The molecule has 6 nitrogen and oxygen atoms in total. The molecule has 0 atom stereocenters. The van der Waals surface area contributed by atoms with Gasteiger partial charge in [0.1, 0.15) is 18.0 Å². The molecule has 0 unspecified atom stereocenters. The van der Waals surface area contributed by atoms with E-state index in [-0.39, 0.29) is 6.03 Å². The Morgan fingerprint density at radius 3 is 2.57 bits per heavy atom. The molecular weight excluding hydrogens is 266 g/mol. The third-order valence-corrected chi connectivity index (χ3v) is 3.36. The minimum absolute atomic E-state index is 0.313. The molecule has 0 radical (unpaired) electrons. The number of rotatable bonds is 3. The number of carbonyl (C=O) groups excluding carboxylic acids is 1. The molecule has 2 N–H and O–H groups in total. The maximum atomic E-state index is 11.9. The number of benzene rings is 1. The standard InChI is InChI=1S/C15H17N5O/c21-15(18-12-6-2-1-3-7-12)19-13-10-14(17-11-16-13)20-8-4-5-9-20/h1-3,6-7,10-11H,4-5,8-9H2,(H2,16,17,18,19,21). The second-order valence-electron chi connectivity index (χ2n) is 4.90. The molecule has 1 fully saturated rings. The van der Waals surface area contributed by atoms with Gasteiger partial charge < -0.3 is 10.2 Å². The zero-order valence-corrected chi connectivity index (χ0v) is 11.6. The Balaban J connectivity index is 1.64. The summed E-state index contributed by atoms with van der Waals surface area (Å²) in [6, 6.07) is 10.8. The number of anilines is 3. The molecule has 2 heterocycles. The van der Waals surface area contributed by atoms with Crippen molar-refractivity contribution in [3.63, 3.8) is 0 Å². The van der Waals surface area contributed by atoms with Gasteiger partial charge in [0.15, 0.2) is 0 Å². The summed E-state index contributed by atoms with van der Waals surface area (Å²) in [5, 5.41) is 5.48. The van der Waals surface area contributed by atoms with Crippen LogP contribution in [0.1, 0.15) is 12.8 Å². The zero-order valence-electron chi connectivity index (χ0n) is 11.6. The van der Waals surface area contributed by atoms with E-state index in [0.29, 0.717) is 5.82 Å². The fourth-order valence-corrected chi connectivity index (χ4v) is 2.33. The number of para-hydroxylation sites is 1. The average Bonchev–Trinajstić information content (AvgIpc) is 3.02. The second kappa shape index (κ2) is 6.21. The first-order valence-electron chi connectivity index (χ1n) is 7.01. The average molecular weight is 283 g/mol. The van der Waals surface area contributed by atoms with Crippen molar-refractivity contribution < 1.29 is 4.79 Å². The molecule has 0 spiro atoms. The molecule has 1 saturated heterocycles. The van der Waals surface area contributed by atoms with Gasteiger partial charge in [0.25, 0.3) is 0 Å². The van der Waals surface area contributed by atoms with E-state index in [0.717, 1.165) is 24.6 Å². The molecule has 0 aliphatic carbocycles. The third-order valence-electron chi connectivity index (χ3n) is 3.36. The Hall–Kier alpha value is -2.63. The summed E-state index contributed by atoms with van der Waals surface area (Å²) in [6.07, 6.45) is 3.84. The lowest BCUT2D eigenvalue weighted by Crippen LogP contribution is -2.22. The Kier molecular flexibility index (Phi) is 3.95. The number of nitrogens with zero attached hydrogens (tertiary/aromatic N) is 3. The molecular formula is C15H17N5O. The van der Waals surface area contributed by atoms with Crippen LogP contribution in [0.15, 0.2) is 42.7 Å². The fourth-order valence-electron chi connectivity index (χ4n) is 2.33. The lowest BCUT2D eigenvalue weighted by atomic mass is 10.3. The highest BCUT2D eigenvalue weighted by Gasteiger charge is 2.14. The Morgan fingerprint density at radius 2 is 1.81 bits per heavy atom. The summed E-state index contributed by atoms with van der Waals surface area (Å²) in [7, 11) is 0. The van der Waals surface area contributed by atoms with Crippen molar-refractivity contribution in [3.05, 3.63) is 42.7 Å². The van der Waals surface area contributed by atoms with Gasteiger partial charge in [-0.15, -0.1) is 0 Å². The number of nitrogens with one attached hydrogen (secondary N) is 2. The highest BCUT2D eigenvalue weighted by Crippen LogP contribution is 2.19. The molecule has 2 aromatic rings. The first-order chi connectivity index (χ1) is 10.3. The van der Waals surface area contributed by atoms with Gasteiger partial charge in [0.05, 0.1) is 0 Å². The quantitative estimate of drug-likeness (QED) is 0.908. The van der Waals surface area contributed by atoms with Gasteiger partial charge in [-0.05, 0) is 25.0 Å². The fraction of sp³-hybridized carbons (Fsp3) is 0.267. The maximum absolute atomic E-state index is 11.9. The Morgan fingerprint density at radius 1 is 1.05 bits per heavy atom. The molecule has 2 amide bonds. The summed E-state index contributed by atoms with van der Waals surface area (Å²) in [5.41, 5.74) is 0.740. The van der Waals surface area contributed by atoms with Crippen molar-refractivity contribution in [1.29, 1.82) is 0 Å². The van der Waals surface area contributed by atoms with Crippen LogP contribution in [0.2, 0.25) is 0 Å². The predicted molar refractivity (Wildman–Crippen MR) is 82.6 cm³/mol. The van der Waals surface area contributed by atoms with Gasteiger partial charge >= 0.3 is 6.03 Å². The molecule has 1 aromatic heterocycles. The zero-order chi connectivity index (χ0) is 14.5. The van der Waals surface area contributed by atoms with E-state index in [1.54, 1.807) is 6.07 Å². The van der Waals surface area contributed by atoms with Crippen LogP contribution in [0.5, 0.6) is 0 Å². The highest BCUT2D eigenvalue weighted by molar-refractivity contribution is 5.99. The number of hydrogen-bond donors (Lipinski definition) is 2. The smallest absolute Gasteiger partial charge is 0.324 e. The van der Waals surface area contributed by atoms with Gasteiger partial charge in [0, 0.05) is 24.8 Å². The number of hydrogen-bond acceptors (Lipinski definition) is 4. The van der Waals surface area contributed by atoms with E-state index < -0.39 is 0 Å². The number of aromatic nitrogens is 2. The van der Waals surface area contributed by atoms with E-state index in [2.05, 4.69) is 25.5 Å². The van der Waals surface area contributed by atoms with Gasteiger partial charge in [-0.25, -0.2) is 14.8 Å². The largest absolute Gasteiger partial charge is 0.356 e. The third kappa shape index (κ3) is 3.47. The van der Waals surface area contributed by atoms with E-state index in [1.165, 1.54) is 19.2 Å². The summed E-state index contributed by atoms with van der Waals surface area (Å²) in [5.74, 6) is 1.36. The molecule has 3 rings (SSSR count). The SMILES string of the molecule is O=C(Nc1ccccc1)Nc1cc(N2CCCC2)ncn1. The van der Waals surface area contributed by atoms with Crippen LogP contribution in [0, 0.1) is 0 Å². The van der Waals surface area contributed by atoms with Crippen molar-refractivity contribution in [2.45, 2.75) is 12.8 Å². The molecule has 0 bridgehead atoms. The van der Waals surface area contributed by atoms with E-state index >= 15 is 0 Å². The van der Waals surface area contributed by atoms with Crippen molar-refractivity contribution in [2.75, 3.05) is 28.6 Å².